The van der Waals surface area contributed by atoms with E-state index in [9.17, 15) is 9.90 Å². The molecule has 2 aromatic rings. The second-order valence-corrected chi connectivity index (χ2v) is 8.27. The van der Waals surface area contributed by atoms with Crippen LogP contribution in [-0.4, -0.2) is 16.3 Å². The van der Waals surface area contributed by atoms with Crippen LogP contribution in [0.5, 0.6) is 0 Å². The van der Waals surface area contributed by atoms with Crippen LogP contribution in [-0.2, 0) is 11.2 Å². The third kappa shape index (κ3) is 3.29. The Morgan fingerprint density at radius 1 is 1.32 bits per heavy atom. The molecule has 0 fully saturated rings. The minimum absolute atomic E-state index is 0.120. The van der Waals surface area contributed by atoms with Crippen molar-refractivity contribution in [1.29, 1.82) is 0 Å². The molecule has 0 unspecified atom stereocenters. The zero-order chi connectivity index (χ0) is 15.7. The molecule has 22 heavy (non-hydrogen) atoms. The summed E-state index contributed by atoms with van der Waals surface area (Å²) in [5.41, 5.74) is 2.39. The highest BCUT2D eigenvalue weighted by Gasteiger charge is 2.26. The molecule has 0 bridgehead atoms. The van der Waals surface area contributed by atoms with E-state index in [2.05, 4.69) is 12.1 Å². The van der Waals surface area contributed by atoms with E-state index < -0.39 is 11.2 Å². The first kappa shape index (κ1) is 15.8. The Hall–Kier alpha value is -1.10. The van der Waals surface area contributed by atoms with Gasteiger partial charge in [0.05, 0.1) is 0 Å². The van der Waals surface area contributed by atoms with E-state index in [1.807, 2.05) is 30.3 Å². The summed E-state index contributed by atoms with van der Waals surface area (Å²) in [5, 5.41) is 9.62. The lowest BCUT2D eigenvalue weighted by Crippen LogP contribution is -2.14. The van der Waals surface area contributed by atoms with Crippen LogP contribution in [0.15, 0.2) is 52.3 Å². The average molecular weight is 351 g/mol. The third-order valence-corrected chi connectivity index (χ3v) is 6.43. The molecule has 0 radical (unpaired) electrons. The standard InChI is InChI=1S/C17H15ClO2S2/c1-10(17(19)20)21-16-9-11-8-12(18)6-7-14(11)22-15-5-3-2-4-13(15)16/h2-8,10,16H,9H2,1H3,(H,19,20)/t10-,16-/m0/s1. The first-order chi connectivity index (χ1) is 10.5. The number of carboxylic acids is 1. The van der Waals surface area contributed by atoms with E-state index in [4.69, 9.17) is 11.6 Å². The van der Waals surface area contributed by atoms with Gasteiger partial charge in [0.25, 0.3) is 0 Å². The Morgan fingerprint density at radius 3 is 2.86 bits per heavy atom. The van der Waals surface area contributed by atoms with Gasteiger partial charge in [0, 0.05) is 20.1 Å². The molecular weight excluding hydrogens is 336 g/mol. The summed E-state index contributed by atoms with van der Waals surface area (Å²) in [7, 11) is 0. The zero-order valence-corrected chi connectivity index (χ0v) is 14.3. The maximum absolute atomic E-state index is 11.2. The van der Waals surface area contributed by atoms with Crippen molar-refractivity contribution in [3.63, 3.8) is 0 Å². The SMILES string of the molecule is C[C@H](S[C@H]1Cc2cc(Cl)ccc2Sc2ccccc21)C(=O)O. The molecule has 0 saturated carbocycles. The normalized spacial score (nSPS) is 18.0. The van der Waals surface area contributed by atoms with Gasteiger partial charge < -0.3 is 5.11 Å². The lowest BCUT2D eigenvalue weighted by molar-refractivity contribution is -0.136. The van der Waals surface area contributed by atoms with Crippen molar-refractivity contribution in [2.24, 2.45) is 0 Å². The number of halogens is 1. The van der Waals surface area contributed by atoms with Gasteiger partial charge in [0.1, 0.15) is 5.25 Å². The highest BCUT2D eigenvalue weighted by molar-refractivity contribution is 8.01. The number of hydrogen-bond donors (Lipinski definition) is 1. The molecule has 3 rings (SSSR count). The number of thioether (sulfide) groups is 1. The molecule has 114 valence electrons. The van der Waals surface area contributed by atoms with E-state index >= 15 is 0 Å². The summed E-state index contributed by atoms with van der Waals surface area (Å²) in [4.78, 5) is 13.6. The molecule has 0 amide bonds. The fourth-order valence-corrected chi connectivity index (χ4v) is 5.13. The summed E-state index contributed by atoms with van der Waals surface area (Å²) in [6.45, 7) is 1.74. The second kappa shape index (κ2) is 6.57. The summed E-state index contributed by atoms with van der Waals surface area (Å²) < 4.78 is 0. The van der Waals surface area contributed by atoms with Crippen LogP contribution in [0.2, 0.25) is 5.02 Å². The molecule has 0 saturated heterocycles. The van der Waals surface area contributed by atoms with E-state index in [1.54, 1.807) is 18.7 Å². The number of carboxylic acid groups (broad SMARTS) is 1. The molecule has 1 aliphatic rings. The van der Waals surface area contributed by atoms with Crippen LogP contribution >= 0.6 is 35.1 Å². The second-order valence-electron chi connectivity index (χ2n) is 5.20. The first-order valence-electron chi connectivity index (χ1n) is 6.98. The molecule has 0 spiro atoms. The molecule has 2 aromatic carbocycles. The number of aliphatic carboxylic acids is 1. The molecule has 1 aliphatic heterocycles. The Labute approximate surface area is 143 Å². The van der Waals surface area contributed by atoms with Crippen molar-refractivity contribution in [3.05, 3.63) is 58.6 Å². The topological polar surface area (TPSA) is 37.3 Å². The smallest absolute Gasteiger partial charge is 0.316 e. The summed E-state index contributed by atoms with van der Waals surface area (Å²) in [6, 6.07) is 14.2. The van der Waals surface area contributed by atoms with Crippen molar-refractivity contribution in [3.8, 4) is 0 Å². The summed E-state index contributed by atoms with van der Waals surface area (Å²) in [6.07, 6.45) is 0.794. The lowest BCUT2D eigenvalue weighted by Gasteiger charge is -2.19. The van der Waals surface area contributed by atoms with Crippen molar-refractivity contribution in [2.45, 2.75) is 33.6 Å². The van der Waals surface area contributed by atoms with Crippen molar-refractivity contribution in [1.82, 2.24) is 0 Å². The van der Waals surface area contributed by atoms with E-state index in [-0.39, 0.29) is 5.25 Å². The molecular formula is C17H15ClO2S2. The van der Waals surface area contributed by atoms with Crippen LogP contribution in [0.25, 0.3) is 0 Å². The van der Waals surface area contributed by atoms with Crippen molar-refractivity contribution >= 4 is 41.1 Å². The maximum atomic E-state index is 11.2. The number of benzene rings is 2. The van der Waals surface area contributed by atoms with E-state index in [0.29, 0.717) is 0 Å². The molecule has 2 nitrogen and oxygen atoms in total. The monoisotopic (exact) mass is 350 g/mol. The van der Waals surface area contributed by atoms with Crippen LogP contribution in [0, 0.1) is 0 Å². The lowest BCUT2D eigenvalue weighted by atomic mass is 10.0. The van der Waals surface area contributed by atoms with Gasteiger partial charge in [0.15, 0.2) is 0 Å². The van der Waals surface area contributed by atoms with Crippen molar-refractivity contribution < 1.29 is 9.90 Å². The third-order valence-electron chi connectivity index (χ3n) is 3.63. The Kier molecular flexibility index (Phi) is 4.71. The Morgan fingerprint density at radius 2 is 2.09 bits per heavy atom. The molecule has 0 aliphatic carbocycles. The Bertz CT molecular complexity index is 718. The molecule has 2 atom stereocenters. The fourth-order valence-electron chi connectivity index (χ4n) is 2.50. The van der Waals surface area contributed by atoms with Crippen molar-refractivity contribution in [2.75, 3.05) is 0 Å². The predicted molar refractivity (Wildman–Crippen MR) is 93.2 cm³/mol. The quantitative estimate of drug-likeness (QED) is 0.815. The van der Waals surface area contributed by atoms with E-state index in [1.165, 1.54) is 32.7 Å². The van der Waals surface area contributed by atoms with Gasteiger partial charge in [-0.2, -0.15) is 0 Å². The van der Waals surface area contributed by atoms with Gasteiger partial charge >= 0.3 is 5.97 Å². The number of rotatable bonds is 3. The molecule has 1 heterocycles. The van der Waals surface area contributed by atoms with Crippen LogP contribution in [0.3, 0.4) is 0 Å². The fraction of sp³-hybridized carbons (Fsp3) is 0.235. The largest absolute Gasteiger partial charge is 0.480 e. The highest BCUT2D eigenvalue weighted by atomic mass is 35.5. The maximum Gasteiger partial charge on any atom is 0.316 e. The van der Waals surface area contributed by atoms with Gasteiger partial charge in [-0.05, 0) is 48.7 Å². The number of carbonyl (C=O) groups is 1. The van der Waals surface area contributed by atoms with Gasteiger partial charge in [0.2, 0.25) is 0 Å². The van der Waals surface area contributed by atoms with Crippen LogP contribution < -0.4 is 0 Å². The first-order valence-corrected chi connectivity index (χ1v) is 9.12. The Balaban J connectivity index is 2.02. The molecule has 5 heteroatoms. The predicted octanol–water partition coefficient (Wildman–Crippen LogP) is 5.29. The van der Waals surface area contributed by atoms with Gasteiger partial charge in [-0.1, -0.05) is 41.6 Å². The average Bonchev–Trinajstić information content (AvgIpc) is 2.63. The molecule has 0 aromatic heterocycles. The van der Waals surface area contributed by atoms with Gasteiger partial charge in [-0.15, -0.1) is 11.8 Å². The minimum atomic E-state index is -0.773. The van der Waals surface area contributed by atoms with E-state index in [0.717, 1.165) is 11.4 Å². The summed E-state index contributed by atoms with van der Waals surface area (Å²) in [5.74, 6) is -0.773. The highest BCUT2D eigenvalue weighted by Crippen LogP contribution is 2.47. The zero-order valence-electron chi connectivity index (χ0n) is 12.0. The number of hydrogen-bond acceptors (Lipinski definition) is 3. The number of fused-ring (bicyclic) bond motifs is 2. The summed E-state index contributed by atoms with van der Waals surface area (Å²) >= 11 is 9.36. The van der Waals surface area contributed by atoms with Gasteiger partial charge in [-0.3, -0.25) is 4.79 Å². The van der Waals surface area contributed by atoms with Gasteiger partial charge in [-0.25, -0.2) is 0 Å². The van der Waals surface area contributed by atoms with Crippen LogP contribution in [0.4, 0.5) is 0 Å². The van der Waals surface area contributed by atoms with Crippen LogP contribution in [0.1, 0.15) is 23.3 Å². The minimum Gasteiger partial charge on any atom is -0.480 e. The molecule has 1 N–H and O–H groups in total.